The van der Waals surface area contributed by atoms with Gasteiger partial charge in [-0.25, -0.2) is 4.98 Å². The third-order valence-corrected chi connectivity index (χ3v) is 4.77. The molecule has 2 heterocycles. The van der Waals surface area contributed by atoms with Crippen LogP contribution in [0.25, 0.3) is 5.65 Å². The number of nitrogens with one attached hydrogen (secondary N) is 1. The summed E-state index contributed by atoms with van der Waals surface area (Å²) in [6, 6.07) is 18.9. The first-order valence-corrected chi connectivity index (χ1v) is 9.66. The smallest absolute Gasteiger partial charge is 0.258 e. The molecular formula is C23H18ClN3O3. The lowest BCUT2D eigenvalue weighted by atomic mass is 10.2. The van der Waals surface area contributed by atoms with E-state index in [2.05, 4.69) is 10.3 Å². The first kappa shape index (κ1) is 19.7. The molecule has 0 fully saturated rings. The topological polar surface area (TPSA) is 72.7 Å². The molecule has 0 radical (unpaired) electrons. The van der Waals surface area contributed by atoms with Crippen LogP contribution in [0.1, 0.15) is 21.6 Å². The molecule has 0 spiro atoms. The molecule has 0 aliphatic rings. The highest BCUT2D eigenvalue weighted by atomic mass is 35.5. The van der Waals surface area contributed by atoms with Gasteiger partial charge in [0.15, 0.2) is 0 Å². The van der Waals surface area contributed by atoms with Crippen molar-refractivity contribution in [2.24, 2.45) is 0 Å². The Morgan fingerprint density at radius 1 is 1.10 bits per heavy atom. The Labute approximate surface area is 177 Å². The standard InChI is InChI=1S/C23H18ClN3O3/c1-15-6-5-11-27-21(28)13-18(25-22(15)27)14-30-20-10-3-2-9-19(20)26-23(29)16-7-4-8-17(24)12-16/h2-13H,14H2,1H3,(H,26,29). The number of anilines is 1. The normalized spacial score (nSPS) is 10.7. The molecule has 0 saturated heterocycles. The number of amides is 1. The fourth-order valence-electron chi connectivity index (χ4n) is 3.05. The Balaban J connectivity index is 1.55. The van der Waals surface area contributed by atoms with Crippen LogP contribution in [0.15, 0.2) is 77.7 Å². The number of halogens is 1. The van der Waals surface area contributed by atoms with Crippen LogP contribution in [-0.4, -0.2) is 15.3 Å². The van der Waals surface area contributed by atoms with Crippen LogP contribution in [0.2, 0.25) is 5.02 Å². The van der Waals surface area contributed by atoms with Gasteiger partial charge in [-0.15, -0.1) is 0 Å². The molecular weight excluding hydrogens is 402 g/mol. The molecule has 0 unspecified atom stereocenters. The van der Waals surface area contributed by atoms with E-state index in [0.29, 0.717) is 33.4 Å². The SMILES string of the molecule is Cc1cccn2c(=O)cc(COc3ccccc3NC(=O)c3cccc(Cl)c3)nc12. The molecule has 30 heavy (non-hydrogen) atoms. The quantitative estimate of drug-likeness (QED) is 0.517. The van der Waals surface area contributed by atoms with Crippen LogP contribution in [0, 0.1) is 6.92 Å². The Kier molecular flexibility index (Phi) is 5.50. The number of rotatable bonds is 5. The number of nitrogens with zero attached hydrogens (tertiary/aromatic N) is 2. The zero-order valence-corrected chi connectivity index (χ0v) is 16.9. The van der Waals surface area contributed by atoms with E-state index in [1.54, 1.807) is 60.8 Å². The van der Waals surface area contributed by atoms with Gasteiger partial charge in [0.1, 0.15) is 18.0 Å². The van der Waals surface area contributed by atoms with Crippen LogP contribution in [-0.2, 0) is 6.61 Å². The number of carbonyl (C=O) groups excluding carboxylic acids is 1. The number of aryl methyl sites for hydroxylation is 1. The predicted octanol–water partition coefficient (Wildman–Crippen LogP) is 4.49. The molecule has 7 heteroatoms. The summed E-state index contributed by atoms with van der Waals surface area (Å²) in [5, 5.41) is 3.31. The fourth-order valence-corrected chi connectivity index (χ4v) is 3.24. The lowest BCUT2D eigenvalue weighted by molar-refractivity contribution is 0.102. The molecule has 0 aliphatic carbocycles. The summed E-state index contributed by atoms with van der Waals surface area (Å²) in [6.45, 7) is 1.98. The highest BCUT2D eigenvalue weighted by Crippen LogP contribution is 2.25. The average molecular weight is 420 g/mol. The molecule has 150 valence electrons. The molecule has 0 saturated carbocycles. The summed E-state index contributed by atoms with van der Waals surface area (Å²) in [4.78, 5) is 29.4. The van der Waals surface area contributed by atoms with Crippen molar-refractivity contribution in [3.05, 3.63) is 105 Å². The minimum Gasteiger partial charge on any atom is -0.485 e. The highest BCUT2D eigenvalue weighted by Gasteiger charge is 2.11. The molecule has 1 amide bonds. The van der Waals surface area contributed by atoms with Gasteiger partial charge in [-0.3, -0.25) is 14.0 Å². The Morgan fingerprint density at radius 2 is 1.93 bits per heavy atom. The van der Waals surface area contributed by atoms with Gasteiger partial charge in [-0.05, 0) is 48.9 Å². The maximum absolute atomic E-state index is 12.5. The minimum absolute atomic E-state index is 0.0874. The second-order valence-corrected chi connectivity index (χ2v) is 7.16. The van der Waals surface area contributed by atoms with Crippen molar-refractivity contribution in [1.29, 1.82) is 0 Å². The molecule has 0 aliphatic heterocycles. The van der Waals surface area contributed by atoms with Gasteiger partial charge >= 0.3 is 0 Å². The van der Waals surface area contributed by atoms with Crippen molar-refractivity contribution in [2.75, 3.05) is 5.32 Å². The maximum Gasteiger partial charge on any atom is 0.258 e. The van der Waals surface area contributed by atoms with Gasteiger partial charge in [0.05, 0.1) is 11.4 Å². The minimum atomic E-state index is -0.300. The second kappa shape index (κ2) is 8.39. The van der Waals surface area contributed by atoms with E-state index in [9.17, 15) is 9.59 Å². The van der Waals surface area contributed by atoms with Crippen molar-refractivity contribution in [3.63, 3.8) is 0 Å². The Hall–Kier alpha value is -3.64. The zero-order valence-electron chi connectivity index (χ0n) is 16.1. The number of para-hydroxylation sites is 2. The molecule has 0 bridgehead atoms. The van der Waals surface area contributed by atoms with Gasteiger partial charge in [-0.2, -0.15) is 0 Å². The van der Waals surface area contributed by atoms with Crippen LogP contribution >= 0.6 is 11.6 Å². The molecule has 4 rings (SSSR count). The van der Waals surface area contributed by atoms with Crippen LogP contribution in [0.5, 0.6) is 5.75 Å². The molecule has 2 aromatic carbocycles. The molecule has 6 nitrogen and oxygen atoms in total. The number of carbonyl (C=O) groups is 1. The second-order valence-electron chi connectivity index (χ2n) is 6.72. The summed E-state index contributed by atoms with van der Waals surface area (Å²) < 4.78 is 7.37. The van der Waals surface area contributed by atoms with Gasteiger partial charge in [0.25, 0.3) is 11.5 Å². The molecule has 4 aromatic rings. The molecule has 0 atom stereocenters. The van der Waals surface area contributed by atoms with Crippen LogP contribution in [0.3, 0.4) is 0 Å². The van der Waals surface area contributed by atoms with E-state index in [1.807, 2.05) is 13.0 Å². The first-order valence-electron chi connectivity index (χ1n) is 9.28. The van der Waals surface area contributed by atoms with Crippen molar-refractivity contribution >= 4 is 28.8 Å². The van der Waals surface area contributed by atoms with E-state index in [1.165, 1.54) is 10.5 Å². The van der Waals surface area contributed by atoms with E-state index in [0.717, 1.165) is 5.56 Å². The summed E-state index contributed by atoms with van der Waals surface area (Å²) in [6.07, 6.45) is 1.68. The van der Waals surface area contributed by atoms with Gasteiger partial charge in [-0.1, -0.05) is 35.9 Å². The number of pyridine rings is 1. The number of ether oxygens (including phenoxy) is 1. The van der Waals surface area contributed by atoms with Crippen molar-refractivity contribution in [3.8, 4) is 5.75 Å². The lowest BCUT2D eigenvalue weighted by Gasteiger charge is -2.13. The highest BCUT2D eigenvalue weighted by molar-refractivity contribution is 6.31. The number of fused-ring (bicyclic) bond motifs is 1. The molecule has 1 N–H and O–H groups in total. The largest absolute Gasteiger partial charge is 0.485 e. The van der Waals surface area contributed by atoms with E-state index in [4.69, 9.17) is 16.3 Å². The zero-order chi connectivity index (χ0) is 21.1. The van der Waals surface area contributed by atoms with Crippen molar-refractivity contribution in [1.82, 2.24) is 9.38 Å². The van der Waals surface area contributed by atoms with Crippen LogP contribution in [0.4, 0.5) is 5.69 Å². The third-order valence-electron chi connectivity index (χ3n) is 4.54. The summed E-state index contributed by atoms with van der Waals surface area (Å²) in [7, 11) is 0. The van der Waals surface area contributed by atoms with Gasteiger partial charge in [0.2, 0.25) is 0 Å². The fraction of sp³-hybridized carbons (Fsp3) is 0.0870. The molecule has 2 aromatic heterocycles. The number of benzene rings is 2. The maximum atomic E-state index is 12.5. The van der Waals surface area contributed by atoms with E-state index < -0.39 is 0 Å². The van der Waals surface area contributed by atoms with Crippen molar-refractivity contribution < 1.29 is 9.53 Å². The number of hydrogen-bond acceptors (Lipinski definition) is 4. The van der Waals surface area contributed by atoms with Gasteiger partial charge < -0.3 is 10.1 Å². The predicted molar refractivity (Wildman–Crippen MR) is 116 cm³/mol. The number of aromatic nitrogens is 2. The lowest BCUT2D eigenvalue weighted by Crippen LogP contribution is -2.17. The van der Waals surface area contributed by atoms with E-state index in [-0.39, 0.29) is 18.1 Å². The third kappa shape index (κ3) is 4.18. The Morgan fingerprint density at radius 3 is 2.77 bits per heavy atom. The van der Waals surface area contributed by atoms with Crippen LogP contribution < -0.4 is 15.6 Å². The van der Waals surface area contributed by atoms with E-state index >= 15 is 0 Å². The summed E-state index contributed by atoms with van der Waals surface area (Å²) in [5.41, 5.74) is 2.76. The average Bonchev–Trinajstić information content (AvgIpc) is 2.74. The summed E-state index contributed by atoms with van der Waals surface area (Å²) in [5.74, 6) is 0.172. The first-order chi connectivity index (χ1) is 14.5. The van der Waals surface area contributed by atoms with Gasteiger partial charge in [0, 0.05) is 22.8 Å². The number of hydrogen-bond donors (Lipinski definition) is 1. The monoisotopic (exact) mass is 419 g/mol. The summed E-state index contributed by atoms with van der Waals surface area (Å²) >= 11 is 5.97. The van der Waals surface area contributed by atoms with Crippen molar-refractivity contribution in [2.45, 2.75) is 13.5 Å². The Bertz CT molecular complexity index is 1300.